The number of aromatic nitrogens is 2. The molecule has 0 saturated carbocycles. The van der Waals surface area contributed by atoms with E-state index in [2.05, 4.69) is 16.9 Å². The van der Waals surface area contributed by atoms with Crippen LogP contribution in [0.4, 0.5) is 0 Å². The van der Waals surface area contributed by atoms with Gasteiger partial charge in [0.05, 0.1) is 0 Å². The number of rotatable bonds is 4. The van der Waals surface area contributed by atoms with Gasteiger partial charge in [-0.05, 0) is 25.1 Å². The molecule has 0 aliphatic rings. The maximum absolute atomic E-state index is 11.6. The Morgan fingerprint density at radius 3 is 2.62 bits per heavy atom. The molecular formula is C11H15N3OS. The molecular weight excluding hydrogens is 222 g/mol. The Morgan fingerprint density at radius 1 is 1.44 bits per heavy atom. The summed E-state index contributed by atoms with van der Waals surface area (Å²) in [4.78, 5) is 16.9. The second-order valence-electron chi connectivity index (χ2n) is 3.70. The molecule has 86 valence electrons. The average Bonchev–Trinajstić information content (AvgIpc) is 2.25. The lowest BCUT2D eigenvalue weighted by molar-refractivity contribution is 0.576. The van der Waals surface area contributed by atoms with Crippen molar-refractivity contribution >= 4 is 12.2 Å². The minimum Gasteiger partial charge on any atom is -0.334 e. The van der Waals surface area contributed by atoms with Gasteiger partial charge in [-0.3, -0.25) is 9.78 Å². The van der Waals surface area contributed by atoms with Gasteiger partial charge in [0.1, 0.15) is 11.6 Å². The Hall–Kier alpha value is -1.41. The van der Waals surface area contributed by atoms with Crippen molar-refractivity contribution in [3.63, 3.8) is 0 Å². The number of hydrogen-bond acceptors (Lipinski definition) is 3. The van der Waals surface area contributed by atoms with Crippen LogP contribution in [-0.4, -0.2) is 9.97 Å². The summed E-state index contributed by atoms with van der Waals surface area (Å²) in [5.74, 6) is 0.198. The van der Waals surface area contributed by atoms with E-state index in [1.807, 2.05) is 13.0 Å². The van der Waals surface area contributed by atoms with Gasteiger partial charge in [-0.25, -0.2) is 0 Å². The van der Waals surface area contributed by atoms with Crippen molar-refractivity contribution in [3.05, 3.63) is 26.4 Å². The Labute approximate surface area is 99.3 Å². The van der Waals surface area contributed by atoms with E-state index in [0.29, 0.717) is 5.69 Å². The number of nitrogens with one attached hydrogen (secondary N) is 2. The van der Waals surface area contributed by atoms with E-state index < -0.39 is 5.56 Å². The molecule has 0 aliphatic heterocycles. The predicted molar refractivity (Wildman–Crippen MR) is 64.9 cm³/mol. The first kappa shape index (κ1) is 12.7. The van der Waals surface area contributed by atoms with Gasteiger partial charge in [0.15, 0.2) is 4.77 Å². The third kappa shape index (κ3) is 2.58. The van der Waals surface area contributed by atoms with E-state index in [1.165, 1.54) is 0 Å². The van der Waals surface area contributed by atoms with Crippen molar-refractivity contribution < 1.29 is 0 Å². The summed E-state index contributed by atoms with van der Waals surface area (Å²) >= 11 is 4.93. The molecule has 0 bridgehead atoms. The number of nitriles is 1. The second-order valence-corrected chi connectivity index (χ2v) is 4.11. The fourth-order valence-corrected chi connectivity index (χ4v) is 2.02. The van der Waals surface area contributed by atoms with E-state index in [4.69, 9.17) is 17.5 Å². The molecule has 1 heterocycles. The first-order valence-corrected chi connectivity index (χ1v) is 5.81. The van der Waals surface area contributed by atoms with E-state index >= 15 is 0 Å². The number of aromatic amines is 2. The SMILES string of the molecule is CCCC(CC)c1[nH]c(=S)[nH]c(=O)c1C#N. The Bertz CT molecular complexity index is 509. The van der Waals surface area contributed by atoms with Gasteiger partial charge in [0.2, 0.25) is 0 Å². The van der Waals surface area contributed by atoms with Crippen molar-refractivity contribution in [2.45, 2.75) is 39.0 Å². The molecule has 4 nitrogen and oxygen atoms in total. The maximum Gasteiger partial charge on any atom is 0.269 e. The molecule has 0 aromatic carbocycles. The van der Waals surface area contributed by atoms with Crippen LogP contribution in [0.2, 0.25) is 0 Å². The Balaban J connectivity index is 3.36. The fourth-order valence-electron chi connectivity index (χ4n) is 1.82. The molecule has 0 spiro atoms. The highest BCUT2D eigenvalue weighted by molar-refractivity contribution is 7.71. The topological polar surface area (TPSA) is 72.4 Å². The lowest BCUT2D eigenvalue weighted by Crippen LogP contribution is -2.17. The summed E-state index contributed by atoms with van der Waals surface area (Å²) in [5.41, 5.74) is 0.449. The Morgan fingerprint density at radius 2 is 2.12 bits per heavy atom. The van der Waals surface area contributed by atoms with Crippen molar-refractivity contribution in [3.8, 4) is 6.07 Å². The molecule has 16 heavy (non-hydrogen) atoms. The van der Waals surface area contributed by atoms with Crippen LogP contribution in [0.3, 0.4) is 0 Å². The third-order valence-corrected chi connectivity index (χ3v) is 2.83. The van der Waals surface area contributed by atoms with Crippen LogP contribution >= 0.6 is 12.2 Å². The van der Waals surface area contributed by atoms with Crippen LogP contribution in [-0.2, 0) is 0 Å². The zero-order valence-corrected chi connectivity index (χ0v) is 10.3. The average molecular weight is 237 g/mol. The van der Waals surface area contributed by atoms with Crippen LogP contribution in [0.25, 0.3) is 0 Å². The van der Waals surface area contributed by atoms with Gasteiger partial charge in [-0.15, -0.1) is 0 Å². The summed E-state index contributed by atoms with van der Waals surface area (Å²) in [6.07, 6.45) is 2.84. The largest absolute Gasteiger partial charge is 0.334 e. The maximum atomic E-state index is 11.6. The van der Waals surface area contributed by atoms with Crippen molar-refractivity contribution in [1.82, 2.24) is 9.97 Å². The van der Waals surface area contributed by atoms with Crippen molar-refractivity contribution in [2.75, 3.05) is 0 Å². The van der Waals surface area contributed by atoms with Gasteiger partial charge in [0.25, 0.3) is 5.56 Å². The minimum atomic E-state index is -0.393. The molecule has 1 aromatic rings. The third-order valence-electron chi connectivity index (χ3n) is 2.62. The predicted octanol–water partition coefficient (Wildman–Crippen LogP) is 2.60. The van der Waals surface area contributed by atoms with Gasteiger partial charge in [-0.1, -0.05) is 20.3 Å². The van der Waals surface area contributed by atoms with E-state index in [-0.39, 0.29) is 16.3 Å². The van der Waals surface area contributed by atoms with E-state index in [0.717, 1.165) is 19.3 Å². The molecule has 1 unspecified atom stereocenters. The summed E-state index contributed by atoms with van der Waals surface area (Å²) in [6, 6.07) is 1.94. The van der Waals surface area contributed by atoms with Crippen LogP contribution in [0, 0.1) is 16.1 Å². The quantitative estimate of drug-likeness (QED) is 0.790. The number of H-pyrrole nitrogens is 2. The lowest BCUT2D eigenvalue weighted by Gasteiger charge is -2.14. The van der Waals surface area contributed by atoms with Gasteiger partial charge >= 0.3 is 0 Å². The highest BCUT2D eigenvalue weighted by atomic mass is 32.1. The molecule has 0 fully saturated rings. The molecule has 0 amide bonds. The molecule has 0 radical (unpaired) electrons. The molecule has 1 atom stereocenters. The lowest BCUT2D eigenvalue weighted by atomic mass is 9.94. The van der Waals surface area contributed by atoms with Crippen LogP contribution in [0.15, 0.2) is 4.79 Å². The summed E-state index contributed by atoms with van der Waals surface area (Å²) in [6.45, 7) is 4.12. The van der Waals surface area contributed by atoms with Gasteiger partial charge in [0, 0.05) is 11.6 Å². The highest BCUT2D eigenvalue weighted by Crippen LogP contribution is 2.23. The highest BCUT2D eigenvalue weighted by Gasteiger charge is 2.16. The Kier molecular flexibility index (Phi) is 4.44. The molecule has 0 saturated heterocycles. The summed E-state index contributed by atoms with van der Waals surface area (Å²) in [5, 5.41) is 8.98. The second kappa shape index (κ2) is 5.61. The monoisotopic (exact) mass is 237 g/mol. The standard InChI is InChI=1S/C11H15N3OS/c1-3-5-7(4-2)9-8(6-12)10(15)14-11(16)13-9/h7H,3-5H2,1-2H3,(H2,13,14,15,16). The fraction of sp³-hybridized carbons (Fsp3) is 0.545. The zero-order chi connectivity index (χ0) is 12.1. The molecule has 1 rings (SSSR count). The van der Waals surface area contributed by atoms with Crippen LogP contribution < -0.4 is 5.56 Å². The van der Waals surface area contributed by atoms with Crippen molar-refractivity contribution in [2.24, 2.45) is 0 Å². The first-order valence-electron chi connectivity index (χ1n) is 5.40. The first-order chi connectivity index (χ1) is 7.63. The van der Waals surface area contributed by atoms with Gasteiger partial charge < -0.3 is 4.98 Å². The zero-order valence-electron chi connectivity index (χ0n) is 9.46. The van der Waals surface area contributed by atoms with Crippen molar-refractivity contribution in [1.29, 1.82) is 5.26 Å². The summed E-state index contributed by atoms with van der Waals surface area (Å²) in [7, 11) is 0. The van der Waals surface area contributed by atoms with E-state index in [9.17, 15) is 4.79 Å². The van der Waals surface area contributed by atoms with Crippen LogP contribution in [0.1, 0.15) is 50.3 Å². The minimum absolute atomic E-state index is 0.161. The van der Waals surface area contributed by atoms with E-state index in [1.54, 1.807) is 0 Å². The molecule has 0 aliphatic carbocycles. The van der Waals surface area contributed by atoms with Crippen LogP contribution in [0.5, 0.6) is 0 Å². The summed E-state index contributed by atoms with van der Waals surface area (Å²) < 4.78 is 0.286. The molecule has 1 aromatic heterocycles. The number of hydrogen-bond donors (Lipinski definition) is 2. The molecule has 2 N–H and O–H groups in total. The smallest absolute Gasteiger partial charge is 0.269 e. The normalized spacial score (nSPS) is 12.1. The number of nitrogens with zero attached hydrogens (tertiary/aromatic N) is 1. The molecule has 5 heteroatoms. The van der Waals surface area contributed by atoms with Gasteiger partial charge in [-0.2, -0.15) is 5.26 Å².